The van der Waals surface area contributed by atoms with Gasteiger partial charge >= 0.3 is 0 Å². The summed E-state index contributed by atoms with van der Waals surface area (Å²) in [6.45, 7) is 8.40. The van der Waals surface area contributed by atoms with Gasteiger partial charge in [-0.3, -0.25) is 0 Å². The summed E-state index contributed by atoms with van der Waals surface area (Å²) in [5.74, 6) is -0.113. The number of nitrogens with zero attached hydrogens (tertiary/aromatic N) is 1. The maximum Gasteiger partial charge on any atom is 0.146 e. The SMILES string of the molecule is CC(N)Cc1cccc(F)c1N1CCC(C)(C)CC1. The maximum absolute atomic E-state index is 14.2. The highest BCUT2D eigenvalue weighted by Gasteiger charge is 2.27. The maximum atomic E-state index is 14.2. The van der Waals surface area contributed by atoms with Crippen molar-refractivity contribution in [1.82, 2.24) is 0 Å². The van der Waals surface area contributed by atoms with Crippen LogP contribution in [0.2, 0.25) is 0 Å². The van der Waals surface area contributed by atoms with Crippen molar-refractivity contribution in [2.75, 3.05) is 18.0 Å². The van der Waals surface area contributed by atoms with E-state index in [0.29, 0.717) is 5.41 Å². The van der Waals surface area contributed by atoms with E-state index in [4.69, 9.17) is 5.73 Å². The second-order valence-corrected chi connectivity index (χ2v) is 6.58. The van der Waals surface area contributed by atoms with E-state index in [1.807, 2.05) is 13.0 Å². The van der Waals surface area contributed by atoms with Crippen molar-refractivity contribution in [3.05, 3.63) is 29.6 Å². The molecule has 3 heteroatoms. The molecule has 1 aliphatic rings. The minimum atomic E-state index is -0.113. The van der Waals surface area contributed by atoms with Gasteiger partial charge in [0.25, 0.3) is 0 Å². The van der Waals surface area contributed by atoms with Gasteiger partial charge in [-0.05, 0) is 43.2 Å². The van der Waals surface area contributed by atoms with E-state index in [2.05, 4.69) is 18.7 Å². The monoisotopic (exact) mass is 264 g/mol. The largest absolute Gasteiger partial charge is 0.369 e. The first-order valence-electron chi connectivity index (χ1n) is 7.17. The molecular formula is C16H25FN2. The van der Waals surface area contributed by atoms with Crippen LogP contribution in [0.5, 0.6) is 0 Å². The number of para-hydroxylation sites is 1. The summed E-state index contributed by atoms with van der Waals surface area (Å²) in [6, 6.07) is 5.40. The third-order valence-corrected chi connectivity index (χ3v) is 4.05. The Morgan fingerprint density at radius 3 is 2.53 bits per heavy atom. The lowest BCUT2D eigenvalue weighted by Gasteiger charge is -2.39. The van der Waals surface area contributed by atoms with Crippen LogP contribution in [-0.2, 0) is 6.42 Å². The van der Waals surface area contributed by atoms with E-state index >= 15 is 0 Å². The van der Waals surface area contributed by atoms with Crippen molar-refractivity contribution >= 4 is 5.69 Å². The summed E-state index contributed by atoms with van der Waals surface area (Å²) in [7, 11) is 0. The molecule has 1 fully saturated rings. The molecule has 0 amide bonds. The Labute approximate surface area is 115 Å². The minimum absolute atomic E-state index is 0.0572. The molecule has 2 nitrogen and oxygen atoms in total. The van der Waals surface area contributed by atoms with Gasteiger partial charge in [-0.2, -0.15) is 0 Å². The van der Waals surface area contributed by atoms with Crippen molar-refractivity contribution in [3.8, 4) is 0 Å². The number of halogens is 1. The number of hydrogen-bond donors (Lipinski definition) is 1. The van der Waals surface area contributed by atoms with Crippen molar-refractivity contribution in [2.45, 2.75) is 46.1 Å². The van der Waals surface area contributed by atoms with E-state index in [9.17, 15) is 4.39 Å². The predicted octanol–water partition coefficient (Wildman–Crippen LogP) is 3.34. The van der Waals surface area contributed by atoms with E-state index in [0.717, 1.165) is 43.6 Å². The normalized spacial score (nSPS) is 20.4. The molecule has 2 rings (SSSR count). The average molecular weight is 264 g/mol. The lowest BCUT2D eigenvalue weighted by Crippen LogP contribution is -2.38. The molecule has 1 heterocycles. The molecule has 0 saturated carbocycles. The van der Waals surface area contributed by atoms with Crippen LogP contribution in [0.3, 0.4) is 0 Å². The summed E-state index contributed by atoms with van der Waals surface area (Å²) in [4.78, 5) is 2.19. The Hall–Kier alpha value is -1.09. The molecule has 1 aliphatic heterocycles. The molecule has 2 N–H and O–H groups in total. The van der Waals surface area contributed by atoms with Crippen LogP contribution in [0.4, 0.5) is 10.1 Å². The van der Waals surface area contributed by atoms with E-state index in [1.165, 1.54) is 0 Å². The molecule has 1 saturated heterocycles. The van der Waals surface area contributed by atoms with Crippen molar-refractivity contribution < 1.29 is 4.39 Å². The number of benzene rings is 1. The Balaban J connectivity index is 2.24. The number of piperidine rings is 1. The fourth-order valence-electron chi connectivity index (χ4n) is 2.76. The average Bonchev–Trinajstić information content (AvgIpc) is 2.30. The first-order chi connectivity index (χ1) is 8.89. The van der Waals surface area contributed by atoms with E-state index < -0.39 is 0 Å². The standard InChI is InChI=1S/C16H25FN2/c1-12(18)11-13-5-4-6-14(17)15(13)19-9-7-16(2,3)8-10-19/h4-6,12H,7-11,18H2,1-3H3. The topological polar surface area (TPSA) is 29.3 Å². The fourth-order valence-corrected chi connectivity index (χ4v) is 2.76. The van der Waals surface area contributed by atoms with Crippen molar-refractivity contribution in [1.29, 1.82) is 0 Å². The van der Waals surface area contributed by atoms with Crippen LogP contribution in [-0.4, -0.2) is 19.1 Å². The zero-order valence-electron chi connectivity index (χ0n) is 12.2. The van der Waals surface area contributed by atoms with Gasteiger partial charge in [0.05, 0.1) is 5.69 Å². The lowest BCUT2D eigenvalue weighted by atomic mass is 9.82. The van der Waals surface area contributed by atoms with E-state index in [1.54, 1.807) is 12.1 Å². The molecule has 0 aliphatic carbocycles. The molecule has 1 aromatic carbocycles. The van der Waals surface area contributed by atoms with Gasteiger partial charge in [-0.1, -0.05) is 26.0 Å². The minimum Gasteiger partial charge on any atom is -0.369 e. The second kappa shape index (κ2) is 5.49. The quantitative estimate of drug-likeness (QED) is 0.907. The Kier molecular flexibility index (Phi) is 4.14. The van der Waals surface area contributed by atoms with Crippen molar-refractivity contribution in [3.63, 3.8) is 0 Å². The first-order valence-corrected chi connectivity index (χ1v) is 7.17. The first kappa shape index (κ1) is 14.3. The van der Waals surface area contributed by atoms with Gasteiger partial charge in [0.1, 0.15) is 5.82 Å². The van der Waals surface area contributed by atoms with Crippen LogP contribution in [0.1, 0.15) is 39.2 Å². The van der Waals surface area contributed by atoms with E-state index in [-0.39, 0.29) is 11.9 Å². The highest BCUT2D eigenvalue weighted by atomic mass is 19.1. The van der Waals surface area contributed by atoms with Crippen molar-refractivity contribution in [2.24, 2.45) is 11.1 Å². The van der Waals surface area contributed by atoms with Gasteiger partial charge in [0.15, 0.2) is 0 Å². The van der Waals surface area contributed by atoms with Gasteiger partial charge in [0, 0.05) is 19.1 Å². The number of rotatable bonds is 3. The Bertz CT molecular complexity index is 430. The summed E-state index contributed by atoms with van der Waals surface area (Å²) in [5, 5.41) is 0. The fraction of sp³-hybridized carbons (Fsp3) is 0.625. The van der Waals surface area contributed by atoms with Crippen LogP contribution in [0.25, 0.3) is 0 Å². The Morgan fingerprint density at radius 2 is 1.95 bits per heavy atom. The van der Waals surface area contributed by atoms with Gasteiger partial charge in [0.2, 0.25) is 0 Å². The summed E-state index contributed by atoms with van der Waals surface area (Å²) in [6.07, 6.45) is 2.95. The van der Waals surface area contributed by atoms with Crippen LogP contribution in [0.15, 0.2) is 18.2 Å². The summed E-state index contributed by atoms with van der Waals surface area (Å²) >= 11 is 0. The third kappa shape index (κ3) is 3.47. The molecule has 1 aromatic rings. The Morgan fingerprint density at radius 1 is 1.32 bits per heavy atom. The summed E-state index contributed by atoms with van der Waals surface area (Å²) < 4.78 is 14.2. The highest BCUT2D eigenvalue weighted by Crippen LogP contribution is 2.34. The molecule has 0 radical (unpaired) electrons. The molecule has 0 spiro atoms. The molecule has 19 heavy (non-hydrogen) atoms. The molecule has 106 valence electrons. The van der Waals surface area contributed by atoms with Gasteiger partial charge in [-0.15, -0.1) is 0 Å². The predicted molar refractivity (Wildman–Crippen MR) is 79.0 cm³/mol. The zero-order valence-corrected chi connectivity index (χ0v) is 12.2. The van der Waals surface area contributed by atoms with Gasteiger partial charge < -0.3 is 10.6 Å². The molecule has 1 unspecified atom stereocenters. The lowest BCUT2D eigenvalue weighted by molar-refractivity contribution is 0.278. The van der Waals surface area contributed by atoms with Gasteiger partial charge in [-0.25, -0.2) is 4.39 Å². The van der Waals surface area contributed by atoms with Crippen LogP contribution >= 0.6 is 0 Å². The number of anilines is 1. The number of nitrogens with two attached hydrogens (primary N) is 1. The molecule has 0 aromatic heterocycles. The summed E-state index contributed by atoms with van der Waals surface area (Å²) in [5.41, 5.74) is 8.06. The highest BCUT2D eigenvalue weighted by molar-refractivity contribution is 5.55. The smallest absolute Gasteiger partial charge is 0.146 e. The molecule has 1 atom stereocenters. The second-order valence-electron chi connectivity index (χ2n) is 6.58. The molecular weight excluding hydrogens is 239 g/mol. The zero-order chi connectivity index (χ0) is 14.0. The van der Waals surface area contributed by atoms with Crippen LogP contribution < -0.4 is 10.6 Å². The molecule has 0 bridgehead atoms. The number of hydrogen-bond acceptors (Lipinski definition) is 2. The third-order valence-electron chi connectivity index (χ3n) is 4.05. The van der Waals surface area contributed by atoms with Crippen LogP contribution in [0, 0.1) is 11.2 Å².